The average molecular weight is 427 g/mol. The van der Waals surface area contributed by atoms with Gasteiger partial charge in [0, 0.05) is 12.8 Å². The lowest BCUT2D eigenvalue weighted by Crippen LogP contribution is -2.21. The summed E-state index contributed by atoms with van der Waals surface area (Å²) < 4.78 is 9.70. The van der Waals surface area contributed by atoms with Crippen molar-refractivity contribution in [2.24, 2.45) is 0 Å². The zero-order valence-electron chi connectivity index (χ0n) is 18.2. The molecule has 170 valence electrons. The molecule has 0 N–H and O–H groups in total. The van der Waals surface area contributed by atoms with E-state index in [1.165, 1.54) is 13.8 Å². The van der Waals surface area contributed by atoms with Crippen molar-refractivity contribution in [2.75, 3.05) is 13.2 Å². The first-order valence-electron chi connectivity index (χ1n) is 10.6. The second-order valence-corrected chi connectivity index (χ2v) is 7.44. The van der Waals surface area contributed by atoms with Crippen LogP contribution in [0.5, 0.6) is 0 Å². The van der Waals surface area contributed by atoms with Crippen molar-refractivity contribution in [1.29, 1.82) is 0 Å². The zero-order chi connectivity index (χ0) is 22.8. The van der Waals surface area contributed by atoms with Gasteiger partial charge in [-0.25, -0.2) is 9.59 Å². The molecule has 0 spiro atoms. The van der Waals surface area contributed by atoms with Gasteiger partial charge in [0.05, 0.1) is 26.1 Å². The van der Waals surface area contributed by atoms with Crippen LogP contribution >= 0.6 is 0 Å². The van der Waals surface area contributed by atoms with E-state index >= 15 is 0 Å². The first-order valence-corrected chi connectivity index (χ1v) is 10.6. The lowest BCUT2D eigenvalue weighted by atomic mass is 10.1. The van der Waals surface area contributed by atoms with Crippen molar-refractivity contribution >= 4 is 35.1 Å². The van der Waals surface area contributed by atoms with Crippen LogP contribution in [0, 0.1) is 0 Å². The number of carbonyl (C=O) groups excluding carboxylic acids is 6. The molecule has 0 aromatic carbocycles. The Morgan fingerprint density at radius 2 is 0.833 bits per heavy atom. The molecule has 0 fully saturated rings. The van der Waals surface area contributed by atoms with E-state index in [2.05, 4.69) is 0 Å². The van der Waals surface area contributed by atoms with Crippen LogP contribution in [0.15, 0.2) is 0 Å². The number of hydrogen-bond acceptors (Lipinski definition) is 8. The van der Waals surface area contributed by atoms with Crippen LogP contribution in [0.25, 0.3) is 0 Å². The van der Waals surface area contributed by atoms with Gasteiger partial charge in [-0.3, -0.25) is 19.2 Å². The molecular weight excluding hydrogens is 392 g/mol. The van der Waals surface area contributed by atoms with Crippen molar-refractivity contribution in [1.82, 2.24) is 0 Å². The average Bonchev–Trinajstić information content (AvgIpc) is 2.64. The highest BCUT2D eigenvalue weighted by atomic mass is 16.6. The van der Waals surface area contributed by atoms with Gasteiger partial charge in [0.25, 0.3) is 0 Å². The van der Waals surface area contributed by atoms with Crippen LogP contribution < -0.4 is 0 Å². The van der Waals surface area contributed by atoms with Crippen LogP contribution in [0.2, 0.25) is 0 Å². The lowest BCUT2D eigenvalue weighted by molar-refractivity contribution is -0.167. The molecule has 0 amide bonds. The molecule has 8 heteroatoms. The highest BCUT2D eigenvalue weighted by molar-refractivity contribution is 6.29. The van der Waals surface area contributed by atoms with E-state index in [-0.39, 0.29) is 49.2 Å². The van der Waals surface area contributed by atoms with E-state index in [1.807, 2.05) is 0 Å². The summed E-state index contributed by atoms with van der Waals surface area (Å²) >= 11 is 0. The molecule has 0 atom stereocenters. The Labute approximate surface area is 178 Å². The number of esters is 2. The molecule has 0 heterocycles. The number of ether oxygens (including phenoxy) is 2. The third-order valence-electron chi connectivity index (χ3n) is 4.23. The minimum Gasteiger partial charge on any atom is -0.457 e. The zero-order valence-corrected chi connectivity index (χ0v) is 18.2. The number of ketones is 4. The molecule has 0 aliphatic rings. The van der Waals surface area contributed by atoms with E-state index in [0.29, 0.717) is 38.5 Å². The maximum Gasteiger partial charge on any atom is 0.417 e. The fourth-order valence-corrected chi connectivity index (χ4v) is 2.74. The number of hydrogen-bond donors (Lipinski definition) is 0. The van der Waals surface area contributed by atoms with Crippen LogP contribution in [0.1, 0.15) is 90.9 Å². The highest BCUT2D eigenvalue weighted by Gasteiger charge is 2.16. The van der Waals surface area contributed by atoms with Crippen molar-refractivity contribution in [3.8, 4) is 0 Å². The Morgan fingerprint density at radius 3 is 1.17 bits per heavy atom. The van der Waals surface area contributed by atoms with E-state index in [1.54, 1.807) is 0 Å². The first-order chi connectivity index (χ1) is 14.2. The topological polar surface area (TPSA) is 121 Å². The SMILES string of the molecule is CC(=O)CC(=O)CCCCCCOC(=O)C(=O)OCCCCCCC(=O)CC(C)=O. The first kappa shape index (κ1) is 27.6. The molecule has 0 radical (unpaired) electrons. The Bertz CT molecular complexity index is 542. The number of Topliss-reactive ketones (excluding diaryl/α,β-unsaturated/α-hetero) is 4. The smallest absolute Gasteiger partial charge is 0.417 e. The van der Waals surface area contributed by atoms with Crippen molar-refractivity contribution in [3.05, 3.63) is 0 Å². The van der Waals surface area contributed by atoms with Gasteiger partial charge in [0.15, 0.2) is 0 Å². The van der Waals surface area contributed by atoms with Gasteiger partial charge in [-0.1, -0.05) is 25.7 Å². The maximum absolute atomic E-state index is 11.5. The van der Waals surface area contributed by atoms with Gasteiger partial charge in [0.1, 0.15) is 23.1 Å². The molecule has 0 aliphatic carbocycles. The second-order valence-electron chi connectivity index (χ2n) is 7.44. The minimum atomic E-state index is -1.01. The molecule has 0 aromatic heterocycles. The molecule has 0 aromatic rings. The van der Waals surface area contributed by atoms with Crippen LogP contribution in [0.4, 0.5) is 0 Å². The Balaban J connectivity index is 3.55. The molecule has 0 bridgehead atoms. The monoisotopic (exact) mass is 426 g/mol. The van der Waals surface area contributed by atoms with E-state index in [9.17, 15) is 28.8 Å². The summed E-state index contributed by atoms with van der Waals surface area (Å²) in [7, 11) is 0. The number of carbonyl (C=O) groups is 6. The van der Waals surface area contributed by atoms with Crippen LogP contribution in [0.3, 0.4) is 0 Å². The van der Waals surface area contributed by atoms with Gasteiger partial charge < -0.3 is 9.47 Å². The molecule has 0 unspecified atom stereocenters. The van der Waals surface area contributed by atoms with Gasteiger partial charge in [-0.15, -0.1) is 0 Å². The molecule has 0 saturated carbocycles. The number of unbranched alkanes of at least 4 members (excludes halogenated alkanes) is 6. The van der Waals surface area contributed by atoms with Crippen LogP contribution in [-0.4, -0.2) is 48.3 Å². The summed E-state index contributed by atoms with van der Waals surface area (Å²) in [6, 6.07) is 0. The maximum atomic E-state index is 11.5. The third-order valence-corrected chi connectivity index (χ3v) is 4.23. The summed E-state index contributed by atoms with van der Waals surface area (Å²) in [5.74, 6) is -2.40. The third kappa shape index (κ3) is 17.7. The van der Waals surface area contributed by atoms with Crippen molar-refractivity contribution in [2.45, 2.75) is 90.9 Å². The summed E-state index contributed by atoms with van der Waals surface area (Å²) in [6.45, 7) is 3.01. The van der Waals surface area contributed by atoms with E-state index in [4.69, 9.17) is 9.47 Å². The predicted octanol–water partition coefficient (Wildman–Crippen LogP) is 3.07. The van der Waals surface area contributed by atoms with Gasteiger partial charge in [-0.2, -0.15) is 0 Å². The fourth-order valence-electron chi connectivity index (χ4n) is 2.74. The summed E-state index contributed by atoms with van der Waals surface area (Å²) in [5, 5.41) is 0. The molecular formula is C22H34O8. The molecule has 0 aliphatic heterocycles. The Kier molecular flexibility index (Phi) is 16.1. The Hall–Kier alpha value is -2.38. The van der Waals surface area contributed by atoms with Crippen molar-refractivity contribution < 1.29 is 38.2 Å². The standard InChI is InChI=1S/C22H34O8/c1-17(23)15-19(25)11-7-3-5-9-13-29-21(27)22(28)30-14-10-6-4-8-12-20(26)16-18(2)24/h3-16H2,1-2H3. The Morgan fingerprint density at radius 1 is 0.500 bits per heavy atom. The van der Waals surface area contributed by atoms with E-state index < -0.39 is 11.9 Å². The summed E-state index contributed by atoms with van der Waals surface area (Å²) in [5.41, 5.74) is 0. The van der Waals surface area contributed by atoms with Gasteiger partial charge in [-0.05, 0) is 39.5 Å². The van der Waals surface area contributed by atoms with E-state index in [0.717, 1.165) is 25.7 Å². The highest BCUT2D eigenvalue weighted by Crippen LogP contribution is 2.07. The molecule has 0 saturated heterocycles. The predicted molar refractivity (Wildman–Crippen MR) is 109 cm³/mol. The molecule has 30 heavy (non-hydrogen) atoms. The second kappa shape index (κ2) is 17.5. The quantitative estimate of drug-likeness (QED) is 0.142. The minimum absolute atomic E-state index is 0.0134. The molecule has 0 rings (SSSR count). The molecule has 8 nitrogen and oxygen atoms in total. The lowest BCUT2D eigenvalue weighted by Gasteiger charge is -2.06. The van der Waals surface area contributed by atoms with Crippen LogP contribution in [-0.2, 0) is 38.2 Å². The van der Waals surface area contributed by atoms with Gasteiger partial charge >= 0.3 is 11.9 Å². The van der Waals surface area contributed by atoms with Gasteiger partial charge in [0.2, 0.25) is 0 Å². The largest absolute Gasteiger partial charge is 0.457 e. The normalized spacial score (nSPS) is 10.3. The summed E-state index contributed by atoms with van der Waals surface area (Å²) in [6.07, 6.45) is 6.35. The fraction of sp³-hybridized carbons (Fsp3) is 0.727. The summed E-state index contributed by atoms with van der Waals surface area (Å²) in [4.78, 5) is 67.3. The van der Waals surface area contributed by atoms with Crippen molar-refractivity contribution in [3.63, 3.8) is 0 Å². The number of rotatable bonds is 18.